The molecule has 30 heavy (non-hydrogen) atoms. The molecule has 1 spiro atoms. The van der Waals surface area contributed by atoms with E-state index in [1.807, 2.05) is 7.11 Å². The Kier molecular flexibility index (Phi) is 5.06. The molecule has 5 fully saturated rings. The minimum absolute atomic E-state index is 0.193. The van der Waals surface area contributed by atoms with Gasteiger partial charge in [-0.15, -0.1) is 0 Å². The average Bonchev–Trinajstić information content (AvgIpc) is 3.22. The summed E-state index contributed by atoms with van der Waals surface area (Å²) in [6.45, 7) is 11.9. The number of fused-ring (bicyclic) bond motifs is 4. The number of methoxy groups -OCH3 is 1. The van der Waals surface area contributed by atoms with E-state index in [0.717, 1.165) is 42.4 Å². The quantitative estimate of drug-likeness (QED) is 0.472. The fourth-order valence-electron chi connectivity index (χ4n) is 10.4. The van der Waals surface area contributed by atoms with Crippen LogP contribution in [0.1, 0.15) is 98.8 Å². The maximum absolute atomic E-state index is 12.2. The molecule has 5 saturated carbocycles. The van der Waals surface area contributed by atoms with Crippen molar-refractivity contribution in [3.8, 4) is 0 Å². The first-order valence-corrected chi connectivity index (χ1v) is 13.2. The topological polar surface area (TPSA) is 26.3 Å². The molecule has 5 aliphatic carbocycles. The molecule has 0 radical (unpaired) electrons. The molecule has 0 heterocycles. The van der Waals surface area contributed by atoms with Crippen molar-refractivity contribution >= 4 is 5.78 Å². The Morgan fingerprint density at radius 1 is 1.03 bits per heavy atom. The molecule has 0 aliphatic heterocycles. The highest BCUT2D eigenvalue weighted by atomic mass is 16.5. The summed E-state index contributed by atoms with van der Waals surface area (Å²) in [5.41, 5.74) is 1.57. The largest absolute Gasteiger partial charge is 0.381 e. The summed E-state index contributed by atoms with van der Waals surface area (Å²) >= 11 is 0. The average molecular weight is 415 g/mol. The first-order valence-electron chi connectivity index (χ1n) is 13.2. The predicted molar refractivity (Wildman–Crippen MR) is 122 cm³/mol. The zero-order valence-electron chi connectivity index (χ0n) is 20.5. The lowest BCUT2D eigenvalue weighted by atomic mass is 9.45. The van der Waals surface area contributed by atoms with Crippen LogP contribution in [0.15, 0.2) is 0 Å². The van der Waals surface area contributed by atoms with Crippen LogP contribution in [0.3, 0.4) is 0 Å². The summed E-state index contributed by atoms with van der Waals surface area (Å²) in [6.07, 6.45) is 13.8. The SMILES string of the molecule is CO[C@@H]1CC2C3CC[C@H]([C@H](C)CCC(=O)C(C)C)[C@@]3(C)CCC2[C@@]2(C)CC[C@@H]3CC312. The number of carbonyl (C=O) groups excluding carboxylic acids is 1. The van der Waals surface area contributed by atoms with Crippen LogP contribution < -0.4 is 0 Å². The van der Waals surface area contributed by atoms with Crippen molar-refractivity contribution in [2.24, 2.45) is 57.7 Å². The lowest BCUT2D eigenvalue weighted by Crippen LogP contribution is -2.57. The van der Waals surface area contributed by atoms with Gasteiger partial charge in [-0.2, -0.15) is 0 Å². The Hall–Kier alpha value is -0.370. The monoisotopic (exact) mass is 414 g/mol. The standard InChI is InChI=1S/C28H46O2/c1-17(2)24(29)10-7-18(3)21-8-9-22-20-15-25(30-6)28-16-19(28)11-14-27(28,5)23(20)12-13-26(21,22)4/h17-23,25H,7-16H2,1-6H3/t18-,19-,20?,21-,22?,23?,25-,26-,27-,28?/m1/s1. The molecular formula is C28H46O2. The number of carbonyl (C=O) groups is 1. The summed E-state index contributed by atoms with van der Waals surface area (Å²) in [5, 5.41) is 0. The molecule has 10 atom stereocenters. The van der Waals surface area contributed by atoms with E-state index in [-0.39, 0.29) is 5.92 Å². The number of hydrogen-bond donors (Lipinski definition) is 0. The van der Waals surface area contributed by atoms with E-state index in [4.69, 9.17) is 4.74 Å². The summed E-state index contributed by atoms with van der Waals surface area (Å²) in [5.74, 6) is 5.81. The van der Waals surface area contributed by atoms with Gasteiger partial charge >= 0.3 is 0 Å². The van der Waals surface area contributed by atoms with Gasteiger partial charge in [0.1, 0.15) is 5.78 Å². The minimum atomic E-state index is 0.193. The summed E-state index contributed by atoms with van der Waals surface area (Å²) < 4.78 is 6.27. The van der Waals surface area contributed by atoms with Crippen LogP contribution in [0.5, 0.6) is 0 Å². The zero-order valence-corrected chi connectivity index (χ0v) is 20.5. The maximum atomic E-state index is 12.2. The summed E-state index contributed by atoms with van der Waals surface area (Å²) in [6, 6.07) is 0. The lowest BCUT2D eigenvalue weighted by molar-refractivity contribution is -0.161. The fraction of sp³-hybridized carbons (Fsp3) is 0.964. The number of ether oxygens (including phenoxy) is 1. The molecule has 2 heteroatoms. The van der Waals surface area contributed by atoms with Gasteiger partial charge in [-0.1, -0.05) is 34.6 Å². The summed E-state index contributed by atoms with van der Waals surface area (Å²) in [4.78, 5) is 12.2. The highest BCUT2D eigenvalue weighted by molar-refractivity contribution is 5.80. The number of ketones is 1. The van der Waals surface area contributed by atoms with Gasteiger partial charge in [-0.25, -0.2) is 0 Å². The van der Waals surface area contributed by atoms with E-state index in [9.17, 15) is 4.79 Å². The fourth-order valence-corrected chi connectivity index (χ4v) is 10.4. The van der Waals surface area contributed by atoms with E-state index in [1.54, 1.807) is 0 Å². The van der Waals surface area contributed by atoms with Gasteiger partial charge in [0.15, 0.2) is 0 Å². The van der Waals surface area contributed by atoms with Gasteiger partial charge in [0.05, 0.1) is 6.10 Å². The van der Waals surface area contributed by atoms with Gasteiger partial charge in [0, 0.05) is 24.9 Å². The second-order valence-corrected chi connectivity index (χ2v) is 13.1. The van der Waals surface area contributed by atoms with Crippen LogP contribution in [0, 0.1) is 57.7 Å². The van der Waals surface area contributed by atoms with Crippen molar-refractivity contribution in [3.05, 3.63) is 0 Å². The number of rotatable bonds is 6. The Morgan fingerprint density at radius 3 is 2.47 bits per heavy atom. The van der Waals surface area contributed by atoms with Gasteiger partial charge in [-0.05, 0) is 104 Å². The van der Waals surface area contributed by atoms with Gasteiger partial charge in [-0.3, -0.25) is 4.79 Å². The smallest absolute Gasteiger partial charge is 0.135 e. The van der Waals surface area contributed by atoms with Gasteiger partial charge in [0.2, 0.25) is 0 Å². The van der Waals surface area contributed by atoms with Crippen molar-refractivity contribution in [2.75, 3.05) is 7.11 Å². The van der Waals surface area contributed by atoms with Crippen molar-refractivity contribution in [3.63, 3.8) is 0 Å². The molecule has 5 rings (SSSR count). The van der Waals surface area contributed by atoms with Crippen LogP contribution in [0.4, 0.5) is 0 Å². The van der Waals surface area contributed by atoms with Crippen molar-refractivity contribution in [1.29, 1.82) is 0 Å². The van der Waals surface area contributed by atoms with E-state index < -0.39 is 0 Å². The minimum Gasteiger partial charge on any atom is -0.381 e. The highest BCUT2D eigenvalue weighted by Gasteiger charge is 2.77. The van der Waals surface area contributed by atoms with E-state index in [2.05, 4.69) is 34.6 Å². The molecule has 0 bridgehead atoms. The van der Waals surface area contributed by atoms with E-state index in [1.165, 1.54) is 51.4 Å². The van der Waals surface area contributed by atoms with E-state index in [0.29, 0.717) is 34.1 Å². The molecule has 5 aliphatic rings. The van der Waals surface area contributed by atoms with Crippen LogP contribution in [0.25, 0.3) is 0 Å². The van der Waals surface area contributed by atoms with Crippen LogP contribution in [0.2, 0.25) is 0 Å². The molecule has 0 aromatic rings. The second kappa shape index (κ2) is 7.06. The Morgan fingerprint density at radius 2 is 1.80 bits per heavy atom. The molecule has 0 aromatic heterocycles. The maximum Gasteiger partial charge on any atom is 0.135 e. The highest BCUT2D eigenvalue weighted by Crippen LogP contribution is 2.82. The van der Waals surface area contributed by atoms with Crippen LogP contribution in [-0.4, -0.2) is 19.0 Å². The number of hydrogen-bond acceptors (Lipinski definition) is 2. The Balaban J connectivity index is 1.35. The Bertz CT molecular complexity index is 699. The summed E-state index contributed by atoms with van der Waals surface area (Å²) in [7, 11) is 2.00. The molecule has 2 nitrogen and oxygen atoms in total. The molecule has 0 amide bonds. The molecular weight excluding hydrogens is 368 g/mol. The number of Topliss-reactive ketones (excluding diaryl/α,β-unsaturated/α-hetero) is 1. The van der Waals surface area contributed by atoms with Crippen molar-refractivity contribution in [1.82, 2.24) is 0 Å². The predicted octanol–water partition coefficient (Wildman–Crippen LogP) is 6.91. The lowest BCUT2D eigenvalue weighted by Gasteiger charge is -2.61. The van der Waals surface area contributed by atoms with E-state index >= 15 is 0 Å². The van der Waals surface area contributed by atoms with Crippen LogP contribution >= 0.6 is 0 Å². The van der Waals surface area contributed by atoms with Gasteiger partial charge in [0.25, 0.3) is 0 Å². The molecule has 0 N–H and O–H groups in total. The van der Waals surface area contributed by atoms with Crippen molar-refractivity contribution in [2.45, 2.75) is 105 Å². The second-order valence-electron chi connectivity index (χ2n) is 13.1. The molecule has 0 saturated heterocycles. The van der Waals surface area contributed by atoms with Crippen molar-refractivity contribution < 1.29 is 9.53 Å². The Labute approximate surface area is 185 Å². The third-order valence-corrected chi connectivity index (χ3v) is 12.1. The van der Waals surface area contributed by atoms with Crippen LogP contribution in [-0.2, 0) is 9.53 Å². The first kappa shape index (κ1) is 21.5. The first-order chi connectivity index (χ1) is 14.2. The molecule has 170 valence electrons. The zero-order chi connectivity index (χ0) is 21.5. The van der Waals surface area contributed by atoms with Gasteiger partial charge < -0.3 is 4.74 Å². The molecule has 0 aromatic carbocycles. The normalized spacial score (nSPS) is 52.4. The third-order valence-electron chi connectivity index (χ3n) is 12.1. The molecule has 4 unspecified atom stereocenters. The third kappa shape index (κ3) is 2.67.